The summed E-state index contributed by atoms with van der Waals surface area (Å²) in [6.45, 7) is 1.22. The second-order valence-electron chi connectivity index (χ2n) is 1.89. The maximum Gasteiger partial charge on any atom is 0.466 e. The molecule has 0 aromatic carbocycles. The lowest BCUT2D eigenvalue weighted by Crippen LogP contribution is -1.96. The van der Waals surface area contributed by atoms with Crippen molar-refractivity contribution in [2.75, 3.05) is 6.61 Å². The number of carbonyl (C=O) groups is 1. The third-order valence-corrected chi connectivity index (χ3v) is 0.735. The Morgan fingerprint density at radius 1 is 1.38 bits per heavy atom. The van der Waals surface area contributed by atoms with E-state index in [9.17, 15) is 4.79 Å². The van der Waals surface area contributed by atoms with Crippen LogP contribution in [0.4, 0.5) is 0 Å². The fraction of sp³-hybridized carbons (Fsp3) is 0.400. The van der Waals surface area contributed by atoms with Gasteiger partial charge in [0.15, 0.2) is 0 Å². The summed E-state index contributed by atoms with van der Waals surface area (Å²) in [7, 11) is -4.64. The van der Waals surface area contributed by atoms with Gasteiger partial charge in [0.2, 0.25) is 0 Å². The van der Waals surface area contributed by atoms with Gasteiger partial charge in [-0.15, -0.1) is 0 Å². The molecule has 0 radical (unpaired) electrons. The highest BCUT2D eigenvalue weighted by atomic mass is 31.2. The molecule has 0 atom stereocenters. The predicted molar refractivity (Wildman–Crippen MR) is 42.7 cm³/mol. The second-order valence-corrected chi connectivity index (χ2v) is 2.91. The van der Waals surface area contributed by atoms with E-state index in [1.807, 2.05) is 0 Å². The Balaban J connectivity index is 0. The number of aliphatic hydroxyl groups excluding tert-OH is 1. The first kappa shape index (κ1) is 14.8. The van der Waals surface area contributed by atoms with Crippen LogP contribution in [0.25, 0.3) is 0 Å². The number of carboxylic acids is 1. The molecule has 0 amide bonds. The first-order valence-corrected chi connectivity index (χ1v) is 4.54. The molecule has 0 rings (SSSR count). The molecule has 0 saturated heterocycles. The minimum Gasteiger partial charge on any atom is -0.478 e. The number of phosphoric acid groups is 1. The number of aliphatic carboxylic acids is 1. The highest BCUT2D eigenvalue weighted by Gasteiger charge is 2.00. The van der Waals surface area contributed by atoms with E-state index in [4.69, 9.17) is 29.5 Å². The Morgan fingerprint density at radius 3 is 1.77 bits per heavy atom. The van der Waals surface area contributed by atoms with E-state index >= 15 is 0 Å². The van der Waals surface area contributed by atoms with Gasteiger partial charge in [-0.3, -0.25) is 0 Å². The van der Waals surface area contributed by atoms with Gasteiger partial charge >= 0.3 is 13.8 Å². The van der Waals surface area contributed by atoms with Crippen molar-refractivity contribution in [3.05, 3.63) is 11.6 Å². The average molecular weight is 214 g/mol. The topological polar surface area (TPSA) is 135 Å². The first-order valence-electron chi connectivity index (χ1n) is 2.97. The summed E-state index contributed by atoms with van der Waals surface area (Å²) >= 11 is 0. The summed E-state index contributed by atoms with van der Waals surface area (Å²) < 4.78 is 8.88. The van der Waals surface area contributed by atoms with E-state index in [-0.39, 0.29) is 12.2 Å². The Hall–Kier alpha value is -0.720. The third-order valence-electron chi connectivity index (χ3n) is 0.735. The molecule has 0 aliphatic carbocycles. The molecule has 78 valence electrons. The molecule has 0 bridgehead atoms. The van der Waals surface area contributed by atoms with Crippen LogP contribution in [-0.4, -0.2) is 37.5 Å². The van der Waals surface area contributed by atoms with Crippen molar-refractivity contribution in [3.8, 4) is 0 Å². The quantitative estimate of drug-likeness (QED) is 0.296. The van der Waals surface area contributed by atoms with Crippen LogP contribution >= 0.6 is 7.82 Å². The van der Waals surface area contributed by atoms with E-state index in [1.165, 1.54) is 13.0 Å². The molecule has 0 aliphatic rings. The molecule has 0 aromatic heterocycles. The second kappa shape index (κ2) is 6.76. The summed E-state index contributed by atoms with van der Waals surface area (Å²) in [4.78, 5) is 31.5. The van der Waals surface area contributed by atoms with Crippen LogP contribution in [0.15, 0.2) is 11.6 Å². The molecule has 0 unspecified atom stereocenters. The standard InChI is InChI=1S/C5H8O3.H3O4P/c1-4(2-3-6)5(7)8;1-5(2,3)4/h2,6H,3H2,1H3,(H,7,8);(H3,1,2,3,4). The van der Waals surface area contributed by atoms with Gasteiger partial charge in [0.25, 0.3) is 0 Å². The smallest absolute Gasteiger partial charge is 0.466 e. The van der Waals surface area contributed by atoms with Gasteiger partial charge in [-0.25, -0.2) is 9.36 Å². The lowest BCUT2D eigenvalue weighted by molar-refractivity contribution is -0.132. The van der Waals surface area contributed by atoms with Crippen molar-refractivity contribution in [1.82, 2.24) is 0 Å². The lowest BCUT2D eigenvalue weighted by Gasteiger charge is -1.86. The molecule has 5 N–H and O–H groups in total. The van der Waals surface area contributed by atoms with Gasteiger partial charge in [-0.05, 0) is 13.0 Å². The summed E-state index contributed by atoms with van der Waals surface area (Å²) in [6, 6.07) is 0. The number of hydrogen-bond acceptors (Lipinski definition) is 3. The molecule has 8 heteroatoms. The van der Waals surface area contributed by atoms with Gasteiger partial charge < -0.3 is 24.9 Å². The maximum atomic E-state index is 9.91. The van der Waals surface area contributed by atoms with Crippen LogP contribution in [0, 0.1) is 0 Å². The Bertz CT molecular complexity index is 219. The minimum absolute atomic E-state index is 0.174. The fourth-order valence-corrected chi connectivity index (χ4v) is 0.224. The summed E-state index contributed by atoms with van der Waals surface area (Å²) in [5, 5.41) is 16.3. The predicted octanol–water partition coefficient (Wildman–Crippen LogP) is -0.919. The number of carboxylic acid groups (broad SMARTS) is 1. The van der Waals surface area contributed by atoms with Crippen molar-refractivity contribution in [2.24, 2.45) is 0 Å². The monoisotopic (exact) mass is 214 g/mol. The molecule has 0 aliphatic heterocycles. The Labute approximate surface area is 74.2 Å². The van der Waals surface area contributed by atoms with Crippen LogP contribution in [0.5, 0.6) is 0 Å². The highest BCUT2D eigenvalue weighted by Crippen LogP contribution is 2.25. The van der Waals surface area contributed by atoms with Crippen LogP contribution in [0.3, 0.4) is 0 Å². The molecule has 13 heavy (non-hydrogen) atoms. The van der Waals surface area contributed by atoms with E-state index in [0.29, 0.717) is 0 Å². The van der Waals surface area contributed by atoms with Crippen molar-refractivity contribution < 1.29 is 34.3 Å². The zero-order valence-electron chi connectivity index (χ0n) is 6.78. The van der Waals surface area contributed by atoms with E-state index in [2.05, 4.69) is 0 Å². The largest absolute Gasteiger partial charge is 0.478 e. The van der Waals surface area contributed by atoms with Gasteiger partial charge in [-0.1, -0.05) is 0 Å². The molecular weight excluding hydrogens is 203 g/mol. The molecular formula is C5H11O7P. The average Bonchev–Trinajstić information content (AvgIpc) is 1.84. The SMILES string of the molecule is CC(=CCO)C(=O)O.O=P(O)(O)O. The number of rotatable bonds is 2. The minimum atomic E-state index is -4.64. The zero-order valence-corrected chi connectivity index (χ0v) is 7.68. The molecule has 7 nitrogen and oxygen atoms in total. The van der Waals surface area contributed by atoms with Crippen LogP contribution in [0.2, 0.25) is 0 Å². The molecule has 0 saturated carbocycles. The van der Waals surface area contributed by atoms with Gasteiger partial charge in [0.05, 0.1) is 6.61 Å². The van der Waals surface area contributed by atoms with Crippen LogP contribution in [-0.2, 0) is 9.36 Å². The summed E-state index contributed by atoms with van der Waals surface area (Å²) in [5.74, 6) is -0.987. The van der Waals surface area contributed by atoms with Crippen molar-refractivity contribution >= 4 is 13.8 Å². The maximum absolute atomic E-state index is 9.91. The normalized spacial score (nSPS) is 11.6. The third kappa shape index (κ3) is 24.6. The zero-order chi connectivity index (χ0) is 11.1. The molecule has 0 heterocycles. The lowest BCUT2D eigenvalue weighted by atomic mass is 10.3. The van der Waals surface area contributed by atoms with Crippen molar-refractivity contribution in [3.63, 3.8) is 0 Å². The summed E-state index contributed by atoms with van der Waals surface area (Å²) in [5.41, 5.74) is 0.174. The van der Waals surface area contributed by atoms with Gasteiger partial charge in [-0.2, -0.15) is 0 Å². The number of hydrogen-bond donors (Lipinski definition) is 5. The van der Waals surface area contributed by atoms with Gasteiger partial charge in [0, 0.05) is 5.57 Å². The number of aliphatic hydroxyl groups is 1. The Morgan fingerprint density at radius 2 is 1.69 bits per heavy atom. The highest BCUT2D eigenvalue weighted by molar-refractivity contribution is 7.45. The van der Waals surface area contributed by atoms with E-state index in [0.717, 1.165) is 0 Å². The molecule has 0 aromatic rings. The molecule has 0 fully saturated rings. The van der Waals surface area contributed by atoms with Crippen molar-refractivity contribution in [2.45, 2.75) is 6.92 Å². The van der Waals surface area contributed by atoms with Crippen LogP contribution in [0.1, 0.15) is 6.92 Å². The molecule has 0 spiro atoms. The summed E-state index contributed by atoms with van der Waals surface area (Å²) in [6.07, 6.45) is 1.24. The van der Waals surface area contributed by atoms with E-state index in [1.54, 1.807) is 0 Å². The van der Waals surface area contributed by atoms with Gasteiger partial charge in [0.1, 0.15) is 0 Å². The Kier molecular flexibility index (Phi) is 7.69. The fourth-order valence-electron chi connectivity index (χ4n) is 0.224. The van der Waals surface area contributed by atoms with E-state index < -0.39 is 13.8 Å². The first-order chi connectivity index (χ1) is 5.68. The van der Waals surface area contributed by atoms with Crippen molar-refractivity contribution in [1.29, 1.82) is 0 Å². The van der Waals surface area contributed by atoms with Crippen LogP contribution < -0.4 is 0 Å².